The number of aromatic carboxylic acids is 1. The molecule has 0 atom stereocenters. The summed E-state index contributed by atoms with van der Waals surface area (Å²) in [5, 5.41) is 14.0. The summed E-state index contributed by atoms with van der Waals surface area (Å²) in [5.74, 6) is -0.977. The lowest BCUT2D eigenvalue weighted by atomic mass is 9.96. The number of nitrogens with one attached hydrogen (secondary N) is 2. The van der Waals surface area contributed by atoms with Crippen molar-refractivity contribution in [3.05, 3.63) is 105 Å². The molecule has 1 heterocycles. The van der Waals surface area contributed by atoms with E-state index in [0.29, 0.717) is 40.6 Å². The van der Waals surface area contributed by atoms with Crippen molar-refractivity contribution in [2.75, 3.05) is 13.7 Å². The topological polar surface area (TPSA) is 74.3 Å². The van der Waals surface area contributed by atoms with Gasteiger partial charge in [0.15, 0.2) is 0 Å². The third kappa shape index (κ3) is 8.22. The van der Waals surface area contributed by atoms with Crippen LogP contribution in [0.2, 0.25) is 10.0 Å². The molecule has 0 unspecified atom stereocenters. The molecule has 0 bridgehead atoms. The fraction of sp³-hybridized carbons (Fsp3) is 0.276. The highest BCUT2D eigenvalue weighted by atomic mass is 35.5. The lowest BCUT2D eigenvalue weighted by Crippen LogP contribution is -2.21. The fourth-order valence-corrected chi connectivity index (χ4v) is 4.60. The number of carbonyl (C=O) groups is 1. The van der Waals surface area contributed by atoms with Crippen LogP contribution in [0.1, 0.15) is 46.5 Å². The molecule has 3 N–H and O–H groups in total. The number of methoxy groups -OCH3 is 1. The molecule has 208 valence electrons. The van der Waals surface area contributed by atoms with Crippen molar-refractivity contribution in [1.29, 1.82) is 0 Å². The predicted molar refractivity (Wildman–Crippen MR) is 149 cm³/mol. The molecule has 0 amide bonds. The van der Waals surface area contributed by atoms with Gasteiger partial charge in [0, 0.05) is 40.8 Å². The Kier molecular flexibility index (Phi) is 10.1. The van der Waals surface area contributed by atoms with Gasteiger partial charge < -0.3 is 20.1 Å². The molecule has 1 aromatic heterocycles. The summed E-state index contributed by atoms with van der Waals surface area (Å²) in [6, 6.07) is 16.2. The molecule has 0 saturated carbocycles. The molecular formula is C29H29Cl2F3N2O3. The molecule has 4 rings (SSSR count). The van der Waals surface area contributed by atoms with Gasteiger partial charge in [-0.2, -0.15) is 13.2 Å². The molecule has 4 aromatic rings. The molecule has 0 radical (unpaired) electrons. The van der Waals surface area contributed by atoms with Crippen molar-refractivity contribution in [2.24, 2.45) is 0 Å². The van der Waals surface area contributed by atoms with Gasteiger partial charge in [-0.05, 0) is 68.3 Å². The molecular weight excluding hydrogens is 552 g/mol. The highest BCUT2D eigenvalue weighted by Gasteiger charge is 2.30. The van der Waals surface area contributed by atoms with Crippen LogP contribution in [0.3, 0.4) is 0 Å². The summed E-state index contributed by atoms with van der Waals surface area (Å²) in [6.07, 6.45) is -2.10. The Morgan fingerprint density at radius 2 is 1.77 bits per heavy atom. The first kappa shape index (κ1) is 30.5. The van der Waals surface area contributed by atoms with Crippen molar-refractivity contribution in [3.63, 3.8) is 0 Å². The maximum Gasteiger partial charge on any atom is 0.416 e. The number of alkyl halides is 3. The minimum Gasteiger partial charge on any atom is -0.478 e. The van der Waals surface area contributed by atoms with Crippen LogP contribution in [-0.4, -0.2) is 29.7 Å². The number of carboxylic acids is 1. The van der Waals surface area contributed by atoms with Gasteiger partial charge in [0.2, 0.25) is 0 Å². The van der Waals surface area contributed by atoms with Crippen LogP contribution >= 0.6 is 23.2 Å². The highest BCUT2D eigenvalue weighted by Crippen LogP contribution is 2.31. The Balaban J connectivity index is 0.000000268. The van der Waals surface area contributed by atoms with Gasteiger partial charge in [0.05, 0.1) is 22.2 Å². The number of aromatic nitrogens is 1. The number of carboxylic acid groups (broad SMARTS) is 1. The number of aromatic amines is 1. The average molecular weight is 581 g/mol. The number of benzene rings is 3. The standard InChI is InChI=1S/C20H23ClF3NO.C9H6ClNO2/c1-19(2,26-3)17-8-7-15(12-18(17)21)13-25-10-9-14-5-4-6-16(11-14)20(22,23)24;10-6-3-5-1-2-11-8(5)7(4-6)9(12)13/h4-8,11-12,25H,9-10,13H2,1-3H3;1-4,11H,(H,12,13). The Hall–Kier alpha value is -3.04. The Morgan fingerprint density at radius 1 is 1.03 bits per heavy atom. The van der Waals surface area contributed by atoms with E-state index in [1.807, 2.05) is 32.0 Å². The Labute approximate surface area is 234 Å². The maximum atomic E-state index is 12.7. The fourth-order valence-electron chi connectivity index (χ4n) is 3.94. The first-order chi connectivity index (χ1) is 18.3. The molecule has 0 fully saturated rings. The largest absolute Gasteiger partial charge is 0.478 e. The van der Waals surface area contributed by atoms with Crippen LogP contribution in [0.5, 0.6) is 0 Å². The summed E-state index contributed by atoms with van der Waals surface area (Å²) in [5.41, 5.74) is 2.31. The quantitative estimate of drug-likeness (QED) is 0.184. The van der Waals surface area contributed by atoms with Gasteiger partial charge in [0.25, 0.3) is 0 Å². The summed E-state index contributed by atoms with van der Waals surface area (Å²) in [4.78, 5) is 13.6. The van der Waals surface area contributed by atoms with E-state index >= 15 is 0 Å². The number of hydrogen-bond acceptors (Lipinski definition) is 3. The zero-order valence-electron chi connectivity index (χ0n) is 21.6. The predicted octanol–water partition coefficient (Wildman–Crippen LogP) is 8.09. The zero-order chi connectivity index (χ0) is 28.8. The minimum atomic E-state index is -4.31. The van der Waals surface area contributed by atoms with E-state index in [2.05, 4.69) is 10.3 Å². The Morgan fingerprint density at radius 3 is 2.41 bits per heavy atom. The van der Waals surface area contributed by atoms with E-state index in [9.17, 15) is 18.0 Å². The summed E-state index contributed by atoms with van der Waals surface area (Å²) < 4.78 is 43.6. The van der Waals surface area contributed by atoms with E-state index in [4.69, 9.17) is 33.0 Å². The second kappa shape index (κ2) is 12.9. The highest BCUT2D eigenvalue weighted by molar-refractivity contribution is 6.32. The van der Waals surface area contributed by atoms with Gasteiger partial charge >= 0.3 is 12.1 Å². The third-order valence-corrected chi connectivity index (χ3v) is 6.75. The van der Waals surface area contributed by atoms with E-state index in [1.54, 1.807) is 31.5 Å². The van der Waals surface area contributed by atoms with Gasteiger partial charge in [-0.25, -0.2) is 4.79 Å². The molecule has 3 aromatic carbocycles. The van der Waals surface area contributed by atoms with Gasteiger partial charge in [-0.15, -0.1) is 0 Å². The van der Waals surface area contributed by atoms with Crippen molar-refractivity contribution in [2.45, 2.75) is 38.6 Å². The maximum absolute atomic E-state index is 12.7. The number of halogens is 5. The molecule has 5 nitrogen and oxygen atoms in total. The number of fused-ring (bicyclic) bond motifs is 1. The van der Waals surface area contributed by atoms with Crippen LogP contribution in [0.15, 0.2) is 66.9 Å². The van der Waals surface area contributed by atoms with E-state index in [-0.39, 0.29) is 5.56 Å². The van der Waals surface area contributed by atoms with E-state index in [0.717, 1.165) is 22.6 Å². The summed E-state index contributed by atoms with van der Waals surface area (Å²) in [6.45, 7) is 5.05. The van der Waals surface area contributed by atoms with Crippen molar-refractivity contribution in [3.8, 4) is 0 Å². The van der Waals surface area contributed by atoms with Gasteiger partial charge in [-0.1, -0.05) is 53.5 Å². The minimum absolute atomic E-state index is 0.201. The summed E-state index contributed by atoms with van der Waals surface area (Å²) >= 11 is 12.1. The van der Waals surface area contributed by atoms with Crippen LogP contribution in [0.25, 0.3) is 10.9 Å². The number of H-pyrrole nitrogens is 1. The average Bonchev–Trinajstić information content (AvgIpc) is 3.34. The number of rotatable bonds is 8. The lowest BCUT2D eigenvalue weighted by molar-refractivity contribution is -0.137. The molecule has 0 aliphatic rings. The second-order valence-electron chi connectivity index (χ2n) is 9.35. The van der Waals surface area contributed by atoms with Crippen LogP contribution in [0.4, 0.5) is 13.2 Å². The number of ether oxygens (including phenoxy) is 1. The van der Waals surface area contributed by atoms with Gasteiger partial charge in [0.1, 0.15) is 0 Å². The van der Waals surface area contributed by atoms with Gasteiger partial charge in [-0.3, -0.25) is 0 Å². The smallest absolute Gasteiger partial charge is 0.416 e. The monoisotopic (exact) mass is 580 g/mol. The second-order valence-corrected chi connectivity index (χ2v) is 10.2. The molecule has 0 aliphatic carbocycles. The van der Waals surface area contributed by atoms with Crippen molar-refractivity contribution < 1.29 is 27.8 Å². The molecule has 10 heteroatoms. The first-order valence-corrected chi connectivity index (χ1v) is 12.8. The van der Waals surface area contributed by atoms with Crippen molar-refractivity contribution in [1.82, 2.24) is 10.3 Å². The third-order valence-electron chi connectivity index (χ3n) is 6.22. The van der Waals surface area contributed by atoms with Crippen molar-refractivity contribution >= 4 is 40.1 Å². The van der Waals surface area contributed by atoms with Crippen LogP contribution in [0, 0.1) is 0 Å². The van der Waals surface area contributed by atoms with Crippen LogP contribution < -0.4 is 5.32 Å². The van der Waals surface area contributed by atoms with E-state index in [1.165, 1.54) is 18.2 Å². The molecule has 0 saturated heterocycles. The number of hydrogen-bond donors (Lipinski definition) is 3. The summed E-state index contributed by atoms with van der Waals surface area (Å²) in [7, 11) is 1.64. The first-order valence-electron chi connectivity index (χ1n) is 12.0. The SMILES string of the molecule is COC(C)(C)c1ccc(CNCCc2cccc(C(F)(F)F)c2)cc1Cl.O=C(O)c1cc(Cl)cc2cc[nH]c12. The molecule has 0 spiro atoms. The Bertz CT molecular complexity index is 1440. The zero-order valence-corrected chi connectivity index (χ0v) is 23.1. The molecule has 0 aliphatic heterocycles. The lowest BCUT2D eigenvalue weighted by Gasteiger charge is -2.25. The molecule has 39 heavy (non-hydrogen) atoms. The van der Waals surface area contributed by atoms with Crippen LogP contribution in [-0.2, 0) is 29.5 Å². The normalized spacial score (nSPS) is 11.8. The van der Waals surface area contributed by atoms with E-state index < -0.39 is 23.3 Å².